The molecule has 0 aliphatic rings. The zero-order chi connectivity index (χ0) is 9.56. The smallest absolute Gasteiger partial charge is 0.303 e. The van der Waals surface area contributed by atoms with Crippen LogP contribution in [0.5, 0.6) is 0 Å². The maximum Gasteiger partial charge on any atom is 0.303 e. The molecule has 0 fully saturated rings. The van der Waals surface area contributed by atoms with E-state index in [0.29, 0.717) is 6.54 Å². The molecule has 0 heterocycles. The number of aliphatic carboxylic acids is 1. The lowest BCUT2D eigenvalue weighted by atomic mass is 10.1. The fourth-order valence-corrected chi connectivity index (χ4v) is 0.935. The Morgan fingerprint density at radius 3 is 2.50 bits per heavy atom. The summed E-state index contributed by atoms with van der Waals surface area (Å²) >= 11 is 5.48. The van der Waals surface area contributed by atoms with Crippen molar-refractivity contribution in [2.75, 3.05) is 12.4 Å². The summed E-state index contributed by atoms with van der Waals surface area (Å²) in [5.74, 6) is -1.01. The van der Waals surface area contributed by atoms with Gasteiger partial charge in [0, 0.05) is 25.3 Å². The number of nitrogens with one attached hydrogen (secondary N) is 1. The molecule has 0 aliphatic heterocycles. The lowest BCUT2D eigenvalue weighted by Gasteiger charge is -2.10. The highest BCUT2D eigenvalue weighted by Crippen LogP contribution is 2.03. The SMILES string of the molecule is CC(=O)NC[C@@H](CCl)CC(=O)O. The fourth-order valence-electron chi connectivity index (χ4n) is 0.716. The molecule has 0 unspecified atom stereocenters. The first-order valence-electron chi connectivity index (χ1n) is 3.58. The second-order valence-corrected chi connectivity index (χ2v) is 2.86. The molecule has 0 rings (SSSR count). The number of halogens is 1. The number of rotatable bonds is 5. The van der Waals surface area contributed by atoms with E-state index < -0.39 is 5.97 Å². The topological polar surface area (TPSA) is 66.4 Å². The molecule has 0 aromatic carbocycles. The second kappa shape index (κ2) is 5.83. The minimum absolute atomic E-state index is 0.0101. The molecule has 0 aliphatic carbocycles. The van der Waals surface area contributed by atoms with Gasteiger partial charge in [-0.1, -0.05) is 0 Å². The highest BCUT2D eigenvalue weighted by atomic mass is 35.5. The maximum atomic E-state index is 10.4. The third-order valence-corrected chi connectivity index (χ3v) is 1.76. The van der Waals surface area contributed by atoms with Gasteiger partial charge in [0.05, 0.1) is 6.42 Å². The van der Waals surface area contributed by atoms with E-state index in [1.54, 1.807) is 0 Å². The molecular formula is C7H12ClNO3. The molecule has 1 atom stereocenters. The van der Waals surface area contributed by atoms with Gasteiger partial charge in [0.2, 0.25) is 5.91 Å². The molecule has 0 spiro atoms. The van der Waals surface area contributed by atoms with Gasteiger partial charge in [0.25, 0.3) is 0 Å². The minimum atomic E-state index is -0.897. The normalized spacial score (nSPS) is 12.2. The van der Waals surface area contributed by atoms with Gasteiger partial charge in [0.15, 0.2) is 0 Å². The van der Waals surface area contributed by atoms with E-state index in [1.807, 2.05) is 0 Å². The Balaban J connectivity index is 3.67. The van der Waals surface area contributed by atoms with E-state index in [4.69, 9.17) is 16.7 Å². The Bertz CT molecular complexity index is 172. The van der Waals surface area contributed by atoms with Crippen LogP contribution in [0.3, 0.4) is 0 Å². The van der Waals surface area contributed by atoms with Crippen LogP contribution in [0.25, 0.3) is 0 Å². The van der Waals surface area contributed by atoms with E-state index in [-0.39, 0.29) is 24.1 Å². The number of hydrogen-bond acceptors (Lipinski definition) is 2. The van der Waals surface area contributed by atoms with Crippen LogP contribution in [0.15, 0.2) is 0 Å². The summed E-state index contributed by atoms with van der Waals surface area (Å²) in [7, 11) is 0. The summed E-state index contributed by atoms with van der Waals surface area (Å²) in [4.78, 5) is 20.7. The lowest BCUT2D eigenvalue weighted by Crippen LogP contribution is -2.29. The molecule has 12 heavy (non-hydrogen) atoms. The summed E-state index contributed by atoms with van der Waals surface area (Å²) in [6.07, 6.45) is -0.0101. The molecule has 0 saturated carbocycles. The van der Waals surface area contributed by atoms with Crippen molar-refractivity contribution in [3.63, 3.8) is 0 Å². The Morgan fingerprint density at radius 2 is 2.17 bits per heavy atom. The fraction of sp³-hybridized carbons (Fsp3) is 0.714. The van der Waals surface area contributed by atoms with Crippen LogP contribution in [0.2, 0.25) is 0 Å². The van der Waals surface area contributed by atoms with Crippen LogP contribution >= 0.6 is 11.6 Å². The Hall–Kier alpha value is -0.770. The summed E-state index contributed by atoms with van der Waals surface area (Å²) in [6, 6.07) is 0. The van der Waals surface area contributed by atoms with Gasteiger partial charge < -0.3 is 10.4 Å². The van der Waals surface area contributed by atoms with Crippen molar-refractivity contribution in [3.8, 4) is 0 Å². The predicted octanol–water partition coefficient (Wildman–Crippen LogP) is 0.452. The minimum Gasteiger partial charge on any atom is -0.481 e. The van der Waals surface area contributed by atoms with E-state index in [0.717, 1.165) is 0 Å². The zero-order valence-corrected chi connectivity index (χ0v) is 7.60. The van der Waals surface area contributed by atoms with Crippen molar-refractivity contribution in [2.45, 2.75) is 13.3 Å². The molecule has 0 radical (unpaired) electrons. The van der Waals surface area contributed by atoms with E-state index in [2.05, 4.69) is 5.32 Å². The molecule has 70 valence electrons. The van der Waals surface area contributed by atoms with Gasteiger partial charge in [-0.3, -0.25) is 9.59 Å². The van der Waals surface area contributed by atoms with Crippen molar-refractivity contribution >= 4 is 23.5 Å². The molecule has 0 saturated heterocycles. The quantitative estimate of drug-likeness (QED) is 0.624. The Kier molecular flexibility index (Phi) is 5.45. The number of carbonyl (C=O) groups excluding carboxylic acids is 1. The van der Waals surface area contributed by atoms with Crippen LogP contribution in [0, 0.1) is 5.92 Å². The van der Waals surface area contributed by atoms with Crippen molar-refractivity contribution in [1.82, 2.24) is 5.32 Å². The lowest BCUT2D eigenvalue weighted by molar-refractivity contribution is -0.138. The third-order valence-electron chi connectivity index (χ3n) is 1.32. The number of carboxylic acids is 1. The predicted molar refractivity (Wildman–Crippen MR) is 45.1 cm³/mol. The molecule has 0 aromatic rings. The standard InChI is InChI=1S/C7H12ClNO3/c1-5(10)9-4-6(3-8)2-7(11)12/h6H,2-4H2,1H3,(H,9,10)(H,11,12)/t6-/m1/s1. The van der Waals surface area contributed by atoms with Gasteiger partial charge in [-0.05, 0) is 0 Å². The summed E-state index contributed by atoms with van der Waals surface area (Å²) in [5, 5.41) is 10.9. The molecule has 1 amide bonds. The second-order valence-electron chi connectivity index (χ2n) is 2.56. The largest absolute Gasteiger partial charge is 0.481 e. The van der Waals surface area contributed by atoms with E-state index in [9.17, 15) is 9.59 Å². The van der Waals surface area contributed by atoms with Gasteiger partial charge >= 0.3 is 5.97 Å². The van der Waals surface area contributed by atoms with E-state index in [1.165, 1.54) is 6.92 Å². The third kappa shape index (κ3) is 5.97. The first-order valence-corrected chi connectivity index (χ1v) is 4.12. The maximum absolute atomic E-state index is 10.4. The summed E-state index contributed by atoms with van der Waals surface area (Å²) in [5.41, 5.74) is 0. The Labute approximate surface area is 75.9 Å². The first kappa shape index (κ1) is 11.2. The number of alkyl halides is 1. The van der Waals surface area contributed by atoms with Crippen LogP contribution in [-0.4, -0.2) is 29.4 Å². The highest BCUT2D eigenvalue weighted by molar-refractivity contribution is 6.18. The average molecular weight is 194 g/mol. The average Bonchev–Trinajstić information content (AvgIpc) is 1.97. The van der Waals surface area contributed by atoms with E-state index >= 15 is 0 Å². The van der Waals surface area contributed by atoms with Gasteiger partial charge in [0.1, 0.15) is 0 Å². The van der Waals surface area contributed by atoms with Crippen molar-refractivity contribution in [3.05, 3.63) is 0 Å². The molecule has 5 heteroatoms. The first-order chi connectivity index (χ1) is 5.56. The van der Waals surface area contributed by atoms with Crippen molar-refractivity contribution < 1.29 is 14.7 Å². The molecular weight excluding hydrogens is 182 g/mol. The Morgan fingerprint density at radius 1 is 1.58 bits per heavy atom. The number of hydrogen-bond donors (Lipinski definition) is 2. The van der Waals surface area contributed by atoms with Crippen LogP contribution in [0.1, 0.15) is 13.3 Å². The van der Waals surface area contributed by atoms with Crippen molar-refractivity contribution in [2.24, 2.45) is 5.92 Å². The number of amides is 1. The van der Waals surface area contributed by atoms with Gasteiger partial charge in [-0.15, -0.1) is 11.6 Å². The molecule has 0 aromatic heterocycles. The van der Waals surface area contributed by atoms with Crippen LogP contribution in [-0.2, 0) is 9.59 Å². The number of carbonyl (C=O) groups is 2. The van der Waals surface area contributed by atoms with Crippen LogP contribution < -0.4 is 5.32 Å². The molecule has 0 bridgehead atoms. The molecule has 2 N–H and O–H groups in total. The highest BCUT2D eigenvalue weighted by Gasteiger charge is 2.11. The zero-order valence-electron chi connectivity index (χ0n) is 6.84. The van der Waals surface area contributed by atoms with Gasteiger partial charge in [-0.25, -0.2) is 0 Å². The van der Waals surface area contributed by atoms with Crippen molar-refractivity contribution in [1.29, 1.82) is 0 Å². The van der Waals surface area contributed by atoms with Crippen LogP contribution in [0.4, 0.5) is 0 Å². The summed E-state index contributed by atoms with van der Waals surface area (Å²) < 4.78 is 0. The van der Waals surface area contributed by atoms with Gasteiger partial charge in [-0.2, -0.15) is 0 Å². The number of carboxylic acid groups (broad SMARTS) is 1. The summed E-state index contributed by atoms with van der Waals surface area (Å²) in [6.45, 7) is 1.71. The monoisotopic (exact) mass is 193 g/mol. The molecule has 4 nitrogen and oxygen atoms in total.